The zero-order valence-electron chi connectivity index (χ0n) is 13.8. The fourth-order valence-electron chi connectivity index (χ4n) is 2.07. The number of amides is 2. The molecule has 2 amide bonds. The van der Waals surface area contributed by atoms with Crippen molar-refractivity contribution < 1.29 is 22.7 Å². The van der Waals surface area contributed by atoms with Gasteiger partial charge in [-0.25, -0.2) is 4.79 Å². The lowest BCUT2D eigenvalue weighted by molar-refractivity contribution is -0.153. The standard InChI is InChI=1S/C17H19F3N2O2S/c1-12(15-4-3-9-25-15)22(2)16(23)21-10-13-5-7-14(8-6-13)24-11-17(18,19)20/h3-9,12H,10-11H2,1-2H3,(H,21,23). The van der Waals surface area contributed by atoms with E-state index < -0.39 is 12.8 Å². The van der Waals surface area contributed by atoms with Crippen LogP contribution >= 0.6 is 11.3 Å². The van der Waals surface area contributed by atoms with Gasteiger partial charge in [-0.2, -0.15) is 13.2 Å². The molecule has 1 aromatic heterocycles. The van der Waals surface area contributed by atoms with Gasteiger partial charge in [-0.3, -0.25) is 0 Å². The highest BCUT2D eigenvalue weighted by molar-refractivity contribution is 7.10. The predicted molar refractivity (Wildman–Crippen MR) is 90.7 cm³/mol. The number of rotatable bonds is 6. The summed E-state index contributed by atoms with van der Waals surface area (Å²) in [5, 5.41) is 4.75. The van der Waals surface area contributed by atoms with E-state index in [-0.39, 0.29) is 24.4 Å². The van der Waals surface area contributed by atoms with Gasteiger partial charge in [-0.1, -0.05) is 18.2 Å². The van der Waals surface area contributed by atoms with Crippen LogP contribution in [0.25, 0.3) is 0 Å². The number of urea groups is 1. The molecule has 0 aliphatic carbocycles. The van der Waals surface area contributed by atoms with E-state index in [0.29, 0.717) is 0 Å². The Morgan fingerprint density at radius 2 is 1.96 bits per heavy atom. The first-order valence-electron chi connectivity index (χ1n) is 7.59. The minimum absolute atomic E-state index is 0.0434. The topological polar surface area (TPSA) is 41.6 Å². The van der Waals surface area contributed by atoms with Crippen molar-refractivity contribution in [2.45, 2.75) is 25.7 Å². The molecule has 0 saturated heterocycles. The number of carbonyl (C=O) groups excluding carboxylic acids is 1. The molecule has 4 nitrogen and oxygen atoms in total. The van der Waals surface area contributed by atoms with E-state index in [1.54, 1.807) is 35.4 Å². The molecule has 1 N–H and O–H groups in total. The third-order valence-electron chi connectivity index (χ3n) is 3.63. The van der Waals surface area contributed by atoms with E-state index in [9.17, 15) is 18.0 Å². The summed E-state index contributed by atoms with van der Waals surface area (Å²) in [6.07, 6.45) is -4.36. The number of ether oxygens (including phenoxy) is 1. The third-order valence-corrected chi connectivity index (χ3v) is 4.67. The maximum Gasteiger partial charge on any atom is 0.422 e. The van der Waals surface area contributed by atoms with Crippen molar-refractivity contribution in [3.05, 3.63) is 52.2 Å². The molecule has 2 rings (SSSR count). The summed E-state index contributed by atoms with van der Waals surface area (Å²) in [6.45, 7) is 0.895. The molecule has 0 aliphatic rings. The summed E-state index contributed by atoms with van der Waals surface area (Å²) in [6, 6.07) is 9.78. The highest BCUT2D eigenvalue weighted by atomic mass is 32.1. The Kier molecular flexibility index (Phi) is 6.30. The van der Waals surface area contributed by atoms with Gasteiger partial charge in [0.05, 0.1) is 6.04 Å². The Hall–Kier alpha value is -2.22. The van der Waals surface area contributed by atoms with Gasteiger partial charge in [0.25, 0.3) is 0 Å². The SMILES string of the molecule is CC(c1cccs1)N(C)C(=O)NCc1ccc(OCC(F)(F)F)cc1. The van der Waals surface area contributed by atoms with Crippen LogP contribution in [0.1, 0.15) is 23.4 Å². The maximum absolute atomic E-state index is 12.2. The predicted octanol–water partition coefficient (Wildman–Crippen LogP) is 4.59. The normalized spacial score (nSPS) is 12.5. The first-order valence-corrected chi connectivity index (χ1v) is 8.47. The van der Waals surface area contributed by atoms with Crippen LogP contribution in [0.15, 0.2) is 41.8 Å². The number of halogens is 3. The number of thiophene rings is 1. The minimum Gasteiger partial charge on any atom is -0.484 e. The highest BCUT2D eigenvalue weighted by Gasteiger charge is 2.28. The molecule has 0 aliphatic heterocycles. The molecule has 0 saturated carbocycles. The summed E-state index contributed by atoms with van der Waals surface area (Å²) < 4.78 is 40.9. The van der Waals surface area contributed by atoms with Crippen LogP contribution in [0.5, 0.6) is 5.75 Å². The molecule has 8 heteroatoms. The zero-order chi connectivity index (χ0) is 18.4. The van der Waals surface area contributed by atoms with Crippen LogP contribution in [0.2, 0.25) is 0 Å². The maximum atomic E-state index is 12.2. The fourth-order valence-corrected chi connectivity index (χ4v) is 2.89. The number of carbonyl (C=O) groups is 1. The van der Waals surface area contributed by atoms with Gasteiger partial charge in [-0.05, 0) is 36.1 Å². The zero-order valence-corrected chi connectivity index (χ0v) is 14.7. The number of hydrogen-bond acceptors (Lipinski definition) is 3. The summed E-state index contributed by atoms with van der Waals surface area (Å²) in [5.74, 6) is 0.135. The molecule has 0 bridgehead atoms. The van der Waals surface area contributed by atoms with E-state index in [1.165, 1.54) is 12.1 Å². The molecule has 136 valence electrons. The lowest BCUT2D eigenvalue weighted by Gasteiger charge is -2.24. The summed E-state index contributed by atoms with van der Waals surface area (Å²) in [7, 11) is 1.72. The van der Waals surface area contributed by atoms with Gasteiger partial charge in [0, 0.05) is 18.5 Å². The Bertz CT molecular complexity index is 672. The molecule has 25 heavy (non-hydrogen) atoms. The van der Waals surface area contributed by atoms with Crippen molar-refractivity contribution in [2.75, 3.05) is 13.7 Å². The van der Waals surface area contributed by atoms with Crippen molar-refractivity contribution in [1.29, 1.82) is 0 Å². The number of nitrogens with one attached hydrogen (secondary N) is 1. The second-order valence-electron chi connectivity index (χ2n) is 5.51. The molecule has 0 radical (unpaired) electrons. The lowest BCUT2D eigenvalue weighted by atomic mass is 10.2. The van der Waals surface area contributed by atoms with E-state index >= 15 is 0 Å². The summed E-state index contributed by atoms with van der Waals surface area (Å²) in [4.78, 5) is 14.9. The molecule has 1 heterocycles. The van der Waals surface area contributed by atoms with Crippen molar-refractivity contribution in [3.63, 3.8) is 0 Å². The van der Waals surface area contributed by atoms with Gasteiger partial charge in [0.1, 0.15) is 5.75 Å². The monoisotopic (exact) mass is 372 g/mol. The fraction of sp³-hybridized carbons (Fsp3) is 0.353. The van der Waals surface area contributed by atoms with Crippen LogP contribution in [-0.2, 0) is 6.54 Å². The summed E-state index contributed by atoms with van der Waals surface area (Å²) in [5.41, 5.74) is 0.768. The highest BCUT2D eigenvalue weighted by Crippen LogP contribution is 2.23. The molecular formula is C17H19F3N2O2S. The van der Waals surface area contributed by atoms with E-state index in [1.807, 2.05) is 24.4 Å². The number of alkyl halides is 3. The number of benzene rings is 1. The van der Waals surface area contributed by atoms with Crippen LogP contribution in [0, 0.1) is 0 Å². The van der Waals surface area contributed by atoms with Gasteiger partial charge in [0.2, 0.25) is 0 Å². The van der Waals surface area contributed by atoms with E-state index in [4.69, 9.17) is 0 Å². The van der Waals surface area contributed by atoms with Gasteiger partial charge in [0.15, 0.2) is 6.61 Å². The van der Waals surface area contributed by atoms with E-state index in [2.05, 4.69) is 10.1 Å². The number of hydrogen-bond donors (Lipinski definition) is 1. The molecule has 0 spiro atoms. The Morgan fingerprint density at radius 1 is 1.28 bits per heavy atom. The van der Waals surface area contributed by atoms with Gasteiger partial charge in [-0.15, -0.1) is 11.3 Å². The van der Waals surface area contributed by atoms with Gasteiger partial charge >= 0.3 is 12.2 Å². The van der Waals surface area contributed by atoms with Crippen LogP contribution in [0.3, 0.4) is 0 Å². The molecule has 2 aromatic rings. The van der Waals surface area contributed by atoms with Crippen LogP contribution in [0.4, 0.5) is 18.0 Å². The molecule has 1 aromatic carbocycles. The smallest absolute Gasteiger partial charge is 0.422 e. The first-order chi connectivity index (χ1) is 11.8. The Labute approximate surface area is 148 Å². The first kappa shape index (κ1) is 19.1. The molecular weight excluding hydrogens is 353 g/mol. The quantitative estimate of drug-likeness (QED) is 0.806. The van der Waals surface area contributed by atoms with Crippen molar-refractivity contribution in [2.24, 2.45) is 0 Å². The average Bonchev–Trinajstić information content (AvgIpc) is 3.11. The second-order valence-corrected chi connectivity index (χ2v) is 6.49. The average molecular weight is 372 g/mol. The van der Waals surface area contributed by atoms with Crippen molar-refractivity contribution in [3.8, 4) is 5.75 Å². The minimum atomic E-state index is -4.36. The Balaban J connectivity index is 1.83. The molecule has 1 unspecified atom stereocenters. The lowest BCUT2D eigenvalue weighted by Crippen LogP contribution is -2.38. The second kappa shape index (κ2) is 8.24. The van der Waals surface area contributed by atoms with Crippen LogP contribution in [-0.4, -0.2) is 30.8 Å². The van der Waals surface area contributed by atoms with Crippen molar-refractivity contribution >= 4 is 17.4 Å². The summed E-state index contributed by atoms with van der Waals surface area (Å²) >= 11 is 1.58. The van der Waals surface area contributed by atoms with Crippen LogP contribution < -0.4 is 10.1 Å². The Morgan fingerprint density at radius 3 is 2.52 bits per heavy atom. The largest absolute Gasteiger partial charge is 0.484 e. The van der Waals surface area contributed by atoms with Crippen molar-refractivity contribution in [1.82, 2.24) is 10.2 Å². The van der Waals surface area contributed by atoms with Gasteiger partial charge < -0.3 is 15.0 Å². The molecule has 1 atom stereocenters. The number of nitrogens with zero attached hydrogens (tertiary/aromatic N) is 1. The van der Waals surface area contributed by atoms with E-state index in [0.717, 1.165) is 10.4 Å². The molecule has 0 fully saturated rings. The third kappa shape index (κ3) is 5.97.